The number of ether oxygens (including phenoxy) is 2. The highest BCUT2D eigenvalue weighted by Gasteiger charge is 2.45. The lowest BCUT2D eigenvalue weighted by Gasteiger charge is -2.30. The van der Waals surface area contributed by atoms with Gasteiger partial charge in [-0.05, 0) is 6.42 Å². The summed E-state index contributed by atoms with van der Waals surface area (Å²) in [6.45, 7) is 4.38. The Morgan fingerprint density at radius 1 is 1.87 bits per heavy atom. The Balaban J connectivity index is 2.64. The Bertz CT molecular complexity index is 252. The Morgan fingerprint density at radius 3 is 3.00 bits per heavy atom. The molecule has 15 heavy (non-hydrogen) atoms. The maximum Gasteiger partial charge on any atom is 0.304 e. The monoisotopic (exact) mass is 216 g/mol. The lowest BCUT2D eigenvalue weighted by atomic mass is 9.94. The fourth-order valence-corrected chi connectivity index (χ4v) is 1.65. The lowest BCUT2D eigenvalue weighted by Crippen LogP contribution is -2.45. The van der Waals surface area contributed by atoms with Crippen LogP contribution in [0.3, 0.4) is 0 Å². The van der Waals surface area contributed by atoms with Crippen LogP contribution in [-0.2, 0) is 14.3 Å². The molecule has 0 aromatic heterocycles. The number of hydrogen-bond donors (Lipinski definition) is 2. The molecule has 0 aromatic carbocycles. The lowest BCUT2D eigenvalue weighted by molar-refractivity contribution is -0.205. The van der Waals surface area contributed by atoms with E-state index in [4.69, 9.17) is 9.47 Å². The summed E-state index contributed by atoms with van der Waals surface area (Å²) in [6, 6.07) is 0. The third kappa shape index (κ3) is 2.56. The first-order valence-corrected chi connectivity index (χ1v) is 4.80. The van der Waals surface area contributed by atoms with E-state index in [1.165, 1.54) is 13.0 Å². The van der Waals surface area contributed by atoms with Crippen molar-refractivity contribution in [1.82, 2.24) is 0 Å². The number of rotatable bonds is 4. The number of carbonyl (C=O) groups is 1. The summed E-state index contributed by atoms with van der Waals surface area (Å²) in [5.41, 5.74) is -1.08. The van der Waals surface area contributed by atoms with Gasteiger partial charge in [-0.25, -0.2) is 0 Å². The zero-order valence-electron chi connectivity index (χ0n) is 8.68. The van der Waals surface area contributed by atoms with Gasteiger partial charge in [0.2, 0.25) is 6.29 Å². The van der Waals surface area contributed by atoms with Gasteiger partial charge in [0.15, 0.2) is 0 Å². The van der Waals surface area contributed by atoms with Gasteiger partial charge in [-0.15, -0.1) is 6.58 Å². The van der Waals surface area contributed by atoms with Crippen molar-refractivity contribution < 1.29 is 24.5 Å². The summed E-state index contributed by atoms with van der Waals surface area (Å²) < 4.78 is 10.2. The summed E-state index contributed by atoms with van der Waals surface area (Å²) in [7, 11) is 0. The first-order valence-electron chi connectivity index (χ1n) is 4.80. The Labute approximate surface area is 88.3 Å². The van der Waals surface area contributed by atoms with Crippen LogP contribution in [0.15, 0.2) is 12.7 Å². The highest BCUT2D eigenvalue weighted by molar-refractivity contribution is 5.66. The molecular formula is C10H16O5. The van der Waals surface area contributed by atoms with E-state index >= 15 is 0 Å². The van der Waals surface area contributed by atoms with Crippen LogP contribution in [0.5, 0.6) is 0 Å². The van der Waals surface area contributed by atoms with Crippen molar-refractivity contribution in [1.29, 1.82) is 0 Å². The van der Waals surface area contributed by atoms with Crippen LogP contribution < -0.4 is 0 Å². The number of hydrogen-bond acceptors (Lipinski definition) is 5. The largest absolute Gasteiger partial charge is 0.436 e. The van der Waals surface area contributed by atoms with Gasteiger partial charge < -0.3 is 19.7 Å². The molecule has 1 aliphatic heterocycles. The first kappa shape index (κ1) is 12.2. The second kappa shape index (κ2) is 4.74. The Hall–Kier alpha value is -0.910. The molecule has 0 aliphatic carbocycles. The van der Waals surface area contributed by atoms with Crippen molar-refractivity contribution in [2.24, 2.45) is 0 Å². The number of carbonyl (C=O) groups excluding carboxylic acids is 1. The first-order chi connectivity index (χ1) is 7.04. The average Bonchev–Trinajstić information content (AvgIpc) is 2.60. The van der Waals surface area contributed by atoms with Gasteiger partial charge in [0.05, 0.1) is 6.61 Å². The molecule has 0 bridgehead atoms. The minimum Gasteiger partial charge on any atom is -0.436 e. The van der Waals surface area contributed by atoms with Crippen LogP contribution in [-0.4, -0.2) is 40.8 Å². The van der Waals surface area contributed by atoms with Gasteiger partial charge in [0.25, 0.3) is 0 Å². The second-order valence-corrected chi connectivity index (χ2v) is 3.60. The van der Waals surface area contributed by atoms with Crippen LogP contribution in [0, 0.1) is 0 Å². The fourth-order valence-electron chi connectivity index (χ4n) is 1.65. The number of aliphatic hydroxyl groups excluding tert-OH is 2. The third-order valence-corrected chi connectivity index (χ3v) is 2.50. The van der Waals surface area contributed by atoms with E-state index < -0.39 is 24.0 Å². The van der Waals surface area contributed by atoms with E-state index in [9.17, 15) is 15.0 Å². The SMILES string of the molecule is C=C[C@H](O)[C@]1(CO)CCC(OC(C)=O)O1. The molecule has 5 heteroatoms. The number of aliphatic hydroxyl groups is 2. The third-order valence-electron chi connectivity index (χ3n) is 2.50. The van der Waals surface area contributed by atoms with Gasteiger partial charge in [-0.2, -0.15) is 0 Å². The Morgan fingerprint density at radius 2 is 2.53 bits per heavy atom. The van der Waals surface area contributed by atoms with Gasteiger partial charge >= 0.3 is 5.97 Å². The van der Waals surface area contributed by atoms with E-state index in [1.54, 1.807) is 0 Å². The molecule has 0 radical (unpaired) electrons. The molecule has 86 valence electrons. The van der Waals surface area contributed by atoms with Crippen LogP contribution in [0.25, 0.3) is 0 Å². The summed E-state index contributed by atoms with van der Waals surface area (Å²) in [5, 5.41) is 18.8. The molecule has 2 N–H and O–H groups in total. The summed E-state index contributed by atoms with van der Waals surface area (Å²) >= 11 is 0. The molecule has 3 atom stereocenters. The normalized spacial score (nSPS) is 32.3. The molecule has 5 nitrogen and oxygen atoms in total. The molecule has 0 saturated carbocycles. The molecule has 0 aromatic rings. The maximum atomic E-state index is 10.7. The maximum absolute atomic E-state index is 10.7. The zero-order chi connectivity index (χ0) is 11.5. The average molecular weight is 216 g/mol. The van der Waals surface area contributed by atoms with Crippen LogP contribution in [0.4, 0.5) is 0 Å². The molecule has 1 rings (SSSR count). The van der Waals surface area contributed by atoms with Crippen molar-refractivity contribution in [3.05, 3.63) is 12.7 Å². The van der Waals surface area contributed by atoms with Gasteiger partial charge in [0, 0.05) is 13.3 Å². The predicted octanol–water partition coefficient (Wildman–Crippen LogP) is -0.0360. The minimum absolute atomic E-state index is 0.335. The van der Waals surface area contributed by atoms with Crippen molar-refractivity contribution >= 4 is 5.97 Å². The van der Waals surface area contributed by atoms with E-state index in [2.05, 4.69) is 6.58 Å². The van der Waals surface area contributed by atoms with Crippen LogP contribution in [0.1, 0.15) is 19.8 Å². The molecular weight excluding hydrogens is 200 g/mol. The quantitative estimate of drug-likeness (QED) is 0.509. The zero-order valence-corrected chi connectivity index (χ0v) is 8.68. The highest BCUT2D eigenvalue weighted by Crippen LogP contribution is 2.34. The smallest absolute Gasteiger partial charge is 0.304 e. The molecule has 1 saturated heterocycles. The van der Waals surface area contributed by atoms with E-state index in [1.807, 2.05) is 0 Å². The fraction of sp³-hybridized carbons (Fsp3) is 0.700. The van der Waals surface area contributed by atoms with Crippen molar-refractivity contribution in [3.8, 4) is 0 Å². The van der Waals surface area contributed by atoms with Gasteiger partial charge in [-0.3, -0.25) is 4.79 Å². The molecule has 1 aliphatic rings. The van der Waals surface area contributed by atoms with Gasteiger partial charge in [0.1, 0.15) is 11.7 Å². The number of esters is 1. The van der Waals surface area contributed by atoms with Crippen molar-refractivity contribution in [2.75, 3.05) is 6.61 Å². The molecule has 0 amide bonds. The van der Waals surface area contributed by atoms with E-state index in [0.717, 1.165) is 0 Å². The predicted molar refractivity (Wildman–Crippen MR) is 51.9 cm³/mol. The van der Waals surface area contributed by atoms with Crippen molar-refractivity contribution in [2.45, 2.75) is 37.8 Å². The molecule has 1 heterocycles. The molecule has 1 fully saturated rings. The highest BCUT2D eigenvalue weighted by atomic mass is 16.7. The van der Waals surface area contributed by atoms with E-state index in [0.29, 0.717) is 12.8 Å². The van der Waals surface area contributed by atoms with Crippen LogP contribution in [0.2, 0.25) is 0 Å². The second-order valence-electron chi connectivity index (χ2n) is 3.60. The standard InChI is InChI=1S/C10H16O5/c1-3-8(13)10(6-11)5-4-9(15-10)14-7(2)12/h3,8-9,11,13H,1,4-6H2,2H3/t8-,9?,10+/m0/s1. The topological polar surface area (TPSA) is 76.0 Å². The van der Waals surface area contributed by atoms with Crippen molar-refractivity contribution in [3.63, 3.8) is 0 Å². The molecule has 0 spiro atoms. The summed E-state index contributed by atoms with van der Waals surface area (Å²) in [6.07, 6.45) is 0.527. The van der Waals surface area contributed by atoms with Gasteiger partial charge in [-0.1, -0.05) is 6.08 Å². The summed E-state index contributed by atoms with van der Waals surface area (Å²) in [4.78, 5) is 10.7. The minimum atomic E-state index is -1.08. The van der Waals surface area contributed by atoms with E-state index in [-0.39, 0.29) is 6.61 Å². The molecule has 1 unspecified atom stereocenters. The van der Waals surface area contributed by atoms with Crippen LogP contribution >= 0.6 is 0 Å². The summed E-state index contributed by atoms with van der Waals surface area (Å²) in [5.74, 6) is -0.443. The Kier molecular flexibility index (Phi) is 3.84.